The molecule has 2 aliphatic rings. The number of carbonyl (C=O) groups is 1. The summed E-state index contributed by atoms with van der Waals surface area (Å²) in [5, 5.41) is 6.66. The molecule has 1 saturated heterocycles. The number of thiazole rings is 1. The van der Waals surface area contributed by atoms with Gasteiger partial charge in [-0.25, -0.2) is 19.3 Å². The highest BCUT2D eigenvalue weighted by molar-refractivity contribution is 7.19. The lowest BCUT2D eigenvalue weighted by Gasteiger charge is -2.26. The second kappa shape index (κ2) is 8.21. The lowest BCUT2D eigenvalue weighted by Crippen LogP contribution is -2.46. The van der Waals surface area contributed by atoms with Gasteiger partial charge in [-0.1, -0.05) is 11.3 Å². The molecular weight excluding hydrogens is 405 g/mol. The molecule has 2 N–H and O–H groups in total. The Bertz CT molecular complexity index is 1080. The maximum absolute atomic E-state index is 13.6. The minimum Gasteiger partial charge on any atom is -0.349 e. The van der Waals surface area contributed by atoms with E-state index in [-0.39, 0.29) is 11.7 Å². The molecule has 1 fully saturated rings. The van der Waals surface area contributed by atoms with Gasteiger partial charge in [0.2, 0.25) is 0 Å². The number of rotatable bonds is 5. The molecule has 0 saturated carbocycles. The number of hydrogen-bond acceptors (Lipinski definition) is 8. The zero-order valence-corrected chi connectivity index (χ0v) is 17.2. The summed E-state index contributed by atoms with van der Waals surface area (Å²) in [7, 11) is 0. The molecule has 0 atom stereocenters. The van der Waals surface area contributed by atoms with Crippen molar-refractivity contribution in [1.29, 1.82) is 0 Å². The van der Waals surface area contributed by atoms with E-state index in [2.05, 4.69) is 30.5 Å². The number of fused-ring (bicyclic) bond motifs is 2. The third-order valence-electron chi connectivity index (χ3n) is 5.49. The normalized spacial score (nSPS) is 16.8. The van der Waals surface area contributed by atoms with Crippen molar-refractivity contribution in [2.75, 3.05) is 50.7 Å². The SMILES string of the molecule is O=C(NCCN1CCNCC1)c1nc2c(N3CCc4cc(F)ccc43)ncnc2s1. The molecule has 4 heterocycles. The first-order valence-electron chi connectivity index (χ1n) is 10.1. The van der Waals surface area contributed by atoms with E-state index in [1.54, 1.807) is 12.1 Å². The van der Waals surface area contributed by atoms with Gasteiger partial charge < -0.3 is 15.5 Å². The van der Waals surface area contributed by atoms with E-state index in [0.717, 1.165) is 50.4 Å². The molecule has 8 nitrogen and oxygen atoms in total. The highest BCUT2D eigenvalue weighted by atomic mass is 32.1. The number of nitrogens with one attached hydrogen (secondary N) is 2. The number of nitrogens with zero attached hydrogens (tertiary/aromatic N) is 5. The summed E-state index contributed by atoms with van der Waals surface area (Å²) in [4.78, 5) is 30.9. The van der Waals surface area contributed by atoms with Crippen molar-refractivity contribution in [2.24, 2.45) is 0 Å². The van der Waals surface area contributed by atoms with Crippen LogP contribution >= 0.6 is 11.3 Å². The minimum atomic E-state index is -0.239. The Kier molecular flexibility index (Phi) is 5.28. The van der Waals surface area contributed by atoms with Gasteiger partial charge in [0.05, 0.1) is 0 Å². The van der Waals surface area contributed by atoms with E-state index >= 15 is 0 Å². The summed E-state index contributed by atoms with van der Waals surface area (Å²) in [6.07, 6.45) is 2.23. The van der Waals surface area contributed by atoms with Gasteiger partial charge in [0, 0.05) is 51.5 Å². The van der Waals surface area contributed by atoms with Crippen LogP contribution in [0.3, 0.4) is 0 Å². The standard InChI is InChI=1S/C20H22FN7OS/c21-14-1-2-15-13(11-14)3-7-28(15)17-16-19(25-12-24-17)30-20(26-16)18(29)23-6-10-27-8-4-22-5-9-27/h1-2,11-12,22H,3-10H2,(H,23,29). The first-order chi connectivity index (χ1) is 14.7. The molecule has 0 aliphatic carbocycles. The molecule has 0 bridgehead atoms. The van der Waals surface area contributed by atoms with Crippen LogP contribution in [0.4, 0.5) is 15.9 Å². The van der Waals surface area contributed by atoms with E-state index < -0.39 is 0 Å². The summed E-state index contributed by atoms with van der Waals surface area (Å²) in [6.45, 7) is 6.06. The summed E-state index contributed by atoms with van der Waals surface area (Å²) in [5.74, 6) is 0.223. The van der Waals surface area contributed by atoms with Crippen molar-refractivity contribution in [3.63, 3.8) is 0 Å². The fourth-order valence-electron chi connectivity index (χ4n) is 3.97. The quantitative estimate of drug-likeness (QED) is 0.639. The molecule has 5 rings (SSSR count). The van der Waals surface area contributed by atoms with Gasteiger partial charge in [0.25, 0.3) is 5.91 Å². The highest BCUT2D eigenvalue weighted by Crippen LogP contribution is 2.37. The smallest absolute Gasteiger partial charge is 0.280 e. The summed E-state index contributed by atoms with van der Waals surface area (Å²) in [5.41, 5.74) is 2.47. The number of halogens is 1. The molecule has 2 aromatic heterocycles. The molecule has 3 aromatic rings. The molecule has 156 valence electrons. The van der Waals surface area contributed by atoms with Crippen molar-refractivity contribution in [1.82, 2.24) is 30.5 Å². The number of anilines is 2. The van der Waals surface area contributed by atoms with E-state index in [1.165, 1.54) is 23.7 Å². The molecule has 0 radical (unpaired) electrons. The van der Waals surface area contributed by atoms with Gasteiger partial charge in [0.15, 0.2) is 10.8 Å². The van der Waals surface area contributed by atoms with Crippen LogP contribution in [0.2, 0.25) is 0 Å². The van der Waals surface area contributed by atoms with Crippen LogP contribution in [0, 0.1) is 5.82 Å². The van der Waals surface area contributed by atoms with Crippen molar-refractivity contribution < 1.29 is 9.18 Å². The molecule has 1 amide bonds. The largest absolute Gasteiger partial charge is 0.349 e. The zero-order valence-electron chi connectivity index (χ0n) is 16.4. The first-order valence-corrected chi connectivity index (χ1v) is 10.9. The molecule has 1 aromatic carbocycles. The van der Waals surface area contributed by atoms with Crippen molar-refractivity contribution in [3.8, 4) is 0 Å². The summed E-state index contributed by atoms with van der Waals surface area (Å²) < 4.78 is 13.6. The lowest BCUT2D eigenvalue weighted by molar-refractivity contribution is 0.0947. The molecule has 2 aliphatic heterocycles. The molecule has 0 spiro atoms. The number of piperazine rings is 1. The minimum absolute atomic E-state index is 0.192. The Morgan fingerprint density at radius 2 is 2.10 bits per heavy atom. The number of amides is 1. The van der Waals surface area contributed by atoms with Crippen LogP contribution in [-0.4, -0.2) is 71.6 Å². The summed E-state index contributed by atoms with van der Waals surface area (Å²) >= 11 is 1.26. The lowest BCUT2D eigenvalue weighted by atomic mass is 10.2. The van der Waals surface area contributed by atoms with E-state index in [9.17, 15) is 9.18 Å². The van der Waals surface area contributed by atoms with Crippen molar-refractivity contribution >= 4 is 39.1 Å². The van der Waals surface area contributed by atoms with Gasteiger partial charge in [-0.3, -0.25) is 9.69 Å². The fourth-order valence-corrected chi connectivity index (χ4v) is 4.78. The Morgan fingerprint density at radius 1 is 1.23 bits per heavy atom. The third-order valence-corrected chi connectivity index (χ3v) is 6.45. The highest BCUT2D eigenvalue weighted by Gasteiger charge is 2.26. The number of carbonyl (C=O) groups excluding carboxylic acids is 1. The molecule has 10 heteroatoms. The first kappa shape index (κ1) is 19.3. The van der Waals surface area contributed by atoms with E-state index in [1.807, 2.05) is 4.90 Å². The average Bonchev–Trinajstić information content (AvgIpc) is 3.38. The van der Waals surface area contributed by atoms with Gasteiger partial charge >= 0.3 is 0 Å². The van der Waals surface area contributed by atoms with Crippen molar-refractivity contribution in [2.45, 2.75) is 6.42 Å². The van der Waals surface area contributed by atoms with Gasteiger partial charge in [-0.05, 0) is 30.2 Å². The monoisotopic (exact) mass is 427 g/mol. The third kappa shape index (κ3) is 3.73. The van der Waals surface area contributed by atoms with Crippen LogP contribution in [-0.2, 0) is 6.42 Å². The predicted octanol–water partition coefficient (Wildman–Crippen LogP) is 1.55. The van der Waals surface area contributed by atoms with Gasteiger partial charge in [-0.15, -0.1) is 0 Å². The summed E-state index contributed by atoms with van der Waals surface area (Å²) in [6, 6.07) is 4.78. The van der Waals surface area contributed by atoms with E-state index in [4.69, 9.17) is 0 Å². The Hall–Kier alpha value is -2.69. The Labute approximate surface area is 177 Å². The van der Waals surface area contributed by atoms with Gasteiger partial charge in [-0.2, -0.15) is 0 Å². The zero-order chi connectivity index (χ0) is 20.5. The maximum atomic E-state index is 13.6. The van der Waals surface area contributed by atoms with Crippen LogP contribution in [0.5, 0.6) is 0 Å². The Morgan fingerprint density at radius 3 is 2.97 bits per heavy atom. The number of hydrogen-bond donors (Lipinski definition) is 2. The number of aromatic nitrogens is 3. The van der Waals surface area contributed by atoms with Crippen LogP contribution in [0.1, 0.15) is 15.4 Å². The number of benzene rings is 1. The second-order valence-electron chi connectivity index (χ2n) is 7.39. The fraction of sp³-hybridized carbons (Fsp3) is 0.400. The van der Waals surface area contributed by atoms with Gasteiger partial charge in [0.1, 0.15) is 22.5 Å². The maximum Gasteiger partial charge on any atom is 0.280 e. The molecule has 30 heavy (non-hydrogen) atoms. The topological polar surface area (TPSA) is 86.3 Å². The predicted molar refractivity (Wildman–Crippen MR) is 114 cm³/mol. The second-order valence-corrected chi connectivity index (χ2v) is 8.37. The molecular formula is C20H22FN7OS. The van der Waals surface area contributed by atoms with Crippen LogP contribution in [0.15, 0.2) is 24.5 Å². The average molecular weight is 428 g/mol. The van der Waals surface area contributed by atoms with Crippen LogP contribution in [0.25, 0.3) is 10.3 Å². The van der Waals surface area contributed by atoms with E-state index in [0.29, 0.717) is 34.3 Å². The Balaban J connectivity index is 1.34. The van der Waals surface area contributed by atoms with Crippen molar-refractivity contribution in [3.05, 3.63) is 40.9 Å². The van der Waals surface area contributed by atoms with Crippen LogP contribution < -0.4 is 15.5 Å². The molecule has 0 unspecified atom stereocenters.